The third kappa shape index (κ3) is 6.89. The Bertz CT molecular complexity index is 1720. The second kappa shape index (κ2) is 13.6. The Morgan fingerprint density at radius 2 is 1.48 bits per heavy atom. The van der Waals surface area contributed by atoms with Gasteiger partial charge in [-0.2, -0.15) is 26.3 Å². The van der Waals surface area contributed by atoms with Crippen molar-refractivity contribution >= 4 is 29.2 Å². The molecule has 2 aliphatic rings. The number of hydrogen-bond acceptors (Lipinski definition) is 6. The zero-order valence-corrected chi connectivity index (χ0v) is 25.2. The number of fused-ring (bicyclic) bond motifs is 1. The zero-order chi connectivity index (χ0) is 35.0. The van der Waals surface area contributed by atoms with Crippen molar-refractivity contribution < 1.29 is 56.4 Å². The molecule has 1 saturated heterocycles. The van der Waals surface area contributed by atoms with Gasteiger partial charge in [0.25, 0.3) is 0 Å². The molecule has 13 heteroatoms. The van der Waals surface area contributed by atoms with Gasteiger partial charge in [0.15, 0.2) is 0 Å². The summed E-state index contributed by atoms with van der Waals surface area (Å²) < 4.78 is 81.5. The van der Waals surface area contributed by atoms with Gasteiger partial charge in [-0.3, -0.25) is 9.59 Å². The average molecular weight is 676 g/mol. The first-order chi connectivity index (χ1) is 22.6. The van der Waals surface area contributed by atoms with Crippen molar-refractivity contribution in [2.75, 3.05) is 18.1 Å². The van der Waals surface area contributed by atoms with Crippen molar-refractivity contribution in [2.24, 2.45) is 17.8 Å². The number of aromatic hydroxyl groups is 1. The van der Waals surface area contributed by atoms with Crippen LogP contribution in [0.3, 0.4) is 0 Å². The second-order valence-electron chi connectivity index (χ2n) is 11.8. The van der Waals surface area contributed by atoms with Crippen LogP contribution in [0.2, 0.25) is 0 Å². The van der Waals surface area contributed by atoms with Crippen molar-refractivity contribution in [1.29, 1.82) is 0 Å². The molecule has 3 aromatic carbocycles. The van der Waals surface area contributed by atoms with E-state index in [0.29, 0.717) is 11.1 Å². The highest BCUT2D eigenvalue weighted by molar-refractivity contribution is 6.22. The molecule has 7 nitrogen and oxygen atoms in total. The van der Waals surface area contributed by atoms with Gasteiger partial charge in [-0.25, -0.2) is 4.90 Å². The lowest BCUT2D eigenvalue weighted by Crippen LogP contribution is -2.39. The number of rotatable bonds is 9. The maximum absolute atomic E-state index is 13.7. The molecule has 2 amide bonds. The smallest absolute Gasteiger partial charge is 0.416 e. The Labute approximate surface area is 271 Å². The normalized spacial score (nSPS) is 21.1. The SMILES string of the molecule is O=C1[C@@H]2[C@@H](CC(CO)=C([C@H](O)CC/C(=C/c3ccccc3O)c3ccccc3)[C@@H]2CO)C(=O)N1c1cc(C(F)(F)F)cc(C(F)(F)F)c1. The number of benzene rings is 3. The van der Waals surface area contributed by atoms with E-state index in [2.05, 4.69) is 0 Å². The highest BCUT2D eigenvalue weighted by atomic mass is 19.4. The topological polar surface area (TPSA) is 118 Å². The lowest BCUT2D eigenvalue weighted by molar-refractivity contribution is -0.143. The van der Waals surface area contributed by atoms with E-state index in [1.54, 1.807) is 36.4 Å². The number of amides is 2. The van der Waals surface area contributed by atoms with Gasteiger partial charge in [-0.1, -0.05) is 48.5 Å². The Kier molecular flexibility index (Phi) is 9.86. The standard InChI is InChI=1S/C35H31F6NO6/c36-34(37,38)23-14-24(35(39,40)41)16-25(15-23)42-32(47)26-13-22(17-43)30(27(18-44)31(26)33(42)48)29(46)11-10-20(19-6-2-1-3-7-19)12-21-8-4-5-9-28(21)45/h1-9,12,14-16,26-27,29,31,43-46H,10-11,13,17-18H2/b20-12-/t26-,27+,29-,31-/m1/s1. The lowest BCUT2D eigenvalue weighted by atomic mass is 9.68. The van der Waals surface area contributed by atoms with E-state index in [4.69, 9.17) is 0 Å². The van der Waals surface area contributed by atoms with Gasteiger partial charge in [0, 0.05) is 11.5 Å². The number of phenols is 1. The van der Waals surface area contributed by atoms with Gasteiger partial charge < -0.3 is 20.4 Å². The molecule has 1 fully saturated rings. The van der Waals surface area contributed by atoms with Crippen LogP contribution in [0.1, 0.15) is 41.5 Å². The maximum Gasteiger partial charge on any atom is 0.416 e. The summed E-state index contributed by atoms with van der Waals surface area (Å²) in [7, 11) is 0. The van der Waals surface area contributed by atoms with Crippen LogP contribution in [0.4, 0.5) is 32.0 Å². The quantitative estimate of drug-likeness (QED) is 0.0927. The summed E-state index contributed by atoms with van der Waals surface area (Å²) in [6.45, 7) is -1.49. The number of halogens is 6. The summed E-state index contributed by atoms with van der Waals surface area (Å²) in [6.07, 6.45) is -10.2. The van der Waals surface area contributed by atoms with Gasteiger partial charge in [0.05, 0.1) is 48.0 Å². The first kappa shape index (κ1) is 34.9. The molecule has 0 aromatic heterocycles. The van der Waals surface area contributed by atoms with Crippen molar-refractivity contribution in [1.82, 2.24) is 0 Å². The van der Waals surface area contributed by atoms with E-state index < -0.39 is 78.1 Å². The summed E-state index contributed by atoms with van der Waals surface area (Å²) >= 11 is 0. The zero-order valence-electron chi connectivity index (χ0n) is 25.2. The largest absolute Gasteiger partial charge is 0.507 e. The summed E-state index contributed by atoms with van der Waals surface area (Å²) in [5.74, 6) is -6.17. The number of carbonyl (C=O) groups is 2. The van der Waals surface area contributed by atoms with Crippen molar-refractivity contribution in [3.63, 3.8) is 0 Å². The van der Waals surface area contributed by atoms with Gasteiger partial charge in [0.1, 0.15) is 5.75 Å². The number of allylic oxidation sites excluding steroid dienone is 1. The van der Waals surface area contributed by atoms with Crippen molar-refractivity contribution in [2.45, 2.75) is 37.7 Å². The fourth-order valence-corrected chi connectivity index (χ4v) is 6.62. The number of imide groups is 1. The molecule has 1 aliphatic carbocycles. The molecular weight excluding hydrogens is 644 g/mol. The summed E-state index contributed by atoms with van der Waals surface area (Å²) in [6, 6.07) is 16.1. The minimum absolute atomic E-state index is 0.00450. The molecule has 1 aliphatic heterocycles. The van der Waals surface area contributed by atoms with Crippen LogP contribution >= 0.6 is 0 Å². The molecule has 0 saturated carbocycles. The fraction of sp³-hybridized carbons (Fsp3) is 0.314. The predicted molar refractivity (Wildman–Crippen MR) is 163 cm³/mol. The van der Waals surface area contributed by atoms with Crippen LogP contribution in [-0.4, -0.2) is 51.6 Å². The first-order valence-corrected chi connectivity index (χ1v) is 15.0. The number of aliphatic hydroxyl groups excluding tert-OH is 3. The number of para-hydroxylation sites is 1. The third-order valence-electron chi connectivity index (χ3n) is 8.86. The van der Waals surface area contributed by atoms with Crippen LogP contribution < -0.4 is 4.90 Å². The third-order valence-corrected chi connectivity index (χ3v) is 8.86. The van der Waals surface area contributed by atoms with Gasteiger partial charge >= 0.3 is 12.4 Å². The maximum atomic E-state index is 13.7. The molecule has 4 atom stereocenters. The summed E-state index contributed by atoms with van der Waals surface area (Å²) in [5, 5.41) is 42.5. The Morgan fingerprint density at radius 3 is 2.04 bits per heavy atom. The number of phenolic OH excluding ortho intramolecular Hbond substituents is 1. The molecule has 48 heavy (non-hydrogen) atoms. The Hall–Kier alpha value is -4.46. The number of nitrogens with zero attached hydrogens (tertiary/aromatic N) is 1. The van der Waals surface area contributed by atoms with E-state index in [1.807, 2.05) is 18.2 Å². The second-order valence-corrected chi connectivity index (χ2v) is 11.8. The lowest BCUT2D eigenvalue weighted by Gasteiger charge is -2.36. The summed E-state index contributed by atoms with van der Waals surface area (Å²) in [4.78, 5) is 27.5. The molecule has 0 spiro atoms. The van der Waals surface area contributed by atoms with E-state index in [9.17, 15) is 56.4 Å². The fourth-order valence-electron chi connectivity index (χ4n) is 6.62. The average Bonchev–Trinajstić information content (AvgIpc) is 3.30. The minimum Gasteiger partial charge on any atom is -0.507 e. The monoisotopic (exact) mass is 675 g/mol. The van der Waals surface area contributed by atoms with E-state index >= 15 is 0 Å². The highest BCUT2D eigenvalue weighted by Crippen LogP contribution is 2.48. The number of hydrogen-bond donors (Lipinski definition) is 4. The van der Waals surface area contributed by atoms with Gasteiger partial charge in [0.2, 0.25) is 11.8 Å². The molecule has 3 aromatic rings. The Balaban J connectivity index is 1.47. The summed E-state index contributed by atoms with van der Waals surface area (Å²) in [5.41, 5.74) is -2.13. The first-order valence-electron chi connectivity index (χ1n) is 15.0. The van der Waals surface area contributed by atoms with Crippen molar-refractivity contribution in [3.05, 3.63) is 106 Å². The molecule has 5 rings (SSSR count). The number of alkyl halides is 6. The van der Waals surface area contributed by atoms with Crippen LogP contribution in [0.15, 0.2) is 83.9 Å². The van der Waals surface area contributed by atoms with Crippen LogP contribution in [0, 0.1) is 17.8 Å². The van der Waals surface area contributed by atoms with Crippen LogP contribution in [0.5, 0.6) is 5.75 Å². The number of anilines is 1. The minimum atomic E-state index is -5.22. The predicted octanol–water partition coefficient (Wildman–Crippen LogP) is 6.22. The van der Waals surface area contributed by atoms with E-state index in [0.717, 1.165) is 5.56 Å². The van der Waals surface area contributed by atoms with E-state index in [-0.39, 0.29) is 59.3 Å². The molecule has 0 unspecified atom stereocenters. The van der Waals surface area contributed by atoms with Gasteiger partial charge in [-0.05, 0) is 71.9 Å². The number of carbonyl (C=O) groups excluding carboxylic acids is 2. The molecule has 0 radical (unpaired) electrons. The van der Waals surface area contributed by atoms with Crippen molar-refractivity contribution in [3.8, 4) is 5.75 Å². The highest BCUT2D eigenvalue weighted by Gasteiger charge is 2.55. The number of aliphatic hydroxyl groups is 3. The molecule has 4 N–H and O–H groups in total. The van der Waals surface area contributed by atoms with E-state index in [1.165, 1.54) is 6.07 Å². The molecule has 1 heterocycles. The molecule has 0 bridgehead atoms. The van der Waals surface area contributed by atoms with Gasteiger partial charge in [-0.15, -0.1) is 0 Å². The van der Waals surface area contributed by atoms with Crippen LogP contribution in [0.25, 0.3) is 11.6 Å². The molecule has 254 valence electrons. The van der Waals surface area contributed by atoms with Crippen LogP contribution in [-0.2, 0) is 21.9 Å². The molecular formula is C35H31F6NO6. The Morgan fingerprint density at radius 1 is 0.875 bits per heavy atom.